The highest BCUT2D eigenvalue weighted by molar-refractivity contribution is 7.92. The van der Waals surface area contributed by atoms with Gasteiger partial charge in [0.15, 0.2) is 15.4 Å². The number of hydroxylamine groups is 1. The van der Waals surface area contributed by atoms with Gasteiger partial charge in [-0.15, -0.1) is 0 Å². The fourth-order valence-electron chi connectivity index (χ4n) is 3.25. The first-order chi connectivity index (χ1) is 14.3. The molecule has 10 heteroatoms. The van der Waals surface area contributed by atoms with E-state index in [0.29, 0.717) is 5.75 Å². The topological polar surface area (TPSA) is 131 Å². The van der Waals surface area contributed by atoms with Gasteiger partial charge in [-0.05, 0) is 48.4 Å². The summed E-state index contributed by atoms with van der Waals surface area (Å²) < 4.78 is 41.9. The van der Waals surface area contributed by atoms with Crippen LogP contribution in [0.3, 0.4) is 0 Å². The molecule has 30 heavy (non-hydrogen) atoms. The third-order valence-electron chi connectivity index (χ3n) is 4.97. The average molecular weight is 437 g/mol. The molecule has 9 nitrogen and oxygen atoms in total. The summed E-state index contributed by atoms with van der Waals surface area (Å²) in [6.45, 7) is -0.188. The lowest BCUT2D eigenvalue weighted by Gasteiger charge is -2.36. The number of sulfone groups is 1. The Kier molecular flexibility index (Phi) is 6.61. The number of ether oxygens (including phenoxy) is 3. The van der Waals surface area contributed by atoms with Crippen LogP contribution >= 0.6 is 0 Å². The van der Waals surface area contributed by atoms with Crippen molar-refractivity contribution < 1.29 is 37.7 Å². The summed E-state index contributed by atoms with van der Waals surface area (Å²) in [5.74, 6) is -0.0356. The van der Waals surface area contributed by atoms with Crippen LogP contribution in [0.5, 0.6) is 11.5 Å². The second-order valence-corrected chi connectivity index (χ2v) is 8.98. The van der Waals surface area contributed by atoms with Crippen molar-refractivity contribution in [2.75, 3.05) is 20.3 Å². The van der Waals surface area contributed by atoms with Gasteiger partial charge in [-0.2, -0.15) is 0 Å². The van der Waals surface area contributed by atoms with Crippen molar-refractivity contribution in [1.29, 1.82) is 0 Å². The van der Waals surface area contributed by atoms with E-state index in [0.717, 1.165) is 11.3 Å². The Balaban J connectivity index is 1.74. The number of aliphatic hydroxyl groups is 1. The molecule has 2 aromatic carbocycles. The molecule has 2 unspecified atom stereocenters. The first-order valence-electron chi connectivity index (χ1n) is 9.15. The van der Waals surface area contributed by atoms with Crippen molar-refractivity contribution in [2.45, 2.75) is 28.8 Å². The molecule has 1 heterocycles. The maximum atomic E-state index is 13.0. The molecule has 3 rings (SSSR count). The SMILES string of the molecule is COc1ccc(COc2ccc(S(=O)(=O)C3CCOCC3(O)C(=O)NO)cc2)cc1. The molecule has 2 atom stereocenters. The molecule has 2 aromatic rings. The molecule has 0 aromatic heterocycles. The smallest absolute Gasteiger partial charge is 0.279 e. The maximum Gasteiger partial charge on any atom is 0.279 e. The van der Waals surface area contributed by atoms with Crippen molar-refractivity contribution in [2.24, 2.45) is 0 Å². The van der Waals surface area contributed by atoms with Gasteiger partial charge in [0.05, 0.1) is 18.6 Å². The molecule has 3 N–H and O–H groups in total. The molecule has 0 radical (unpaired) electrons. The van der Waals surface area contributed by atoms with Crippen molar-refractivity contribution >= 4 is 15.7 Å². The van der Waals surface area contributed by atoms with Crippen LogP contribution in [0, 0.1) is 0 Å². The molecule has 162 valence electrons. The van der Waals surface area contributed by atoms with Crippen LogP contribution < -0.4 is 15.0 Å². The van der Waals surface area contributed by atoms with Crippen LogP contribution in [0.2, 0.25) is 0 Å². The average Bonchev–Trinajstić information content (AvgIpc) is 2.77. The minimum Gasteiger partial charge on any atom is -0.497 e. The van der Waals surface area contributed by atoms with Gasteiger partial charge in [0.2, 0.25) is 0 Å². The Bertz CT molecular complexity index is 975. The zero-order valence-electron chi connectivity index (χ0n) is 16.3. The molecular weight excluding hydrogens is 414 g/mol. The number of benzene rings is 2. The van der Waals surface area contributed by atoms with Crippen molar-refractivity contribution in [3.05, 3.63) is 54.1 Å². The molecule has 1 saturated heterocycles. The quantitative estimate of drug-likeness (QED) is 0.433. The van der Waals surface area contributed by atoms with Crippen LogP contribution in [-0.4, -0.2) is 55.8 Å². The number of amides is 1. The highest BCUT2D eigenvalue weighted by atomic mass is 32.2. The number of nitrogens with one attached hydrogen (secondary N) is 1. The molecule has 1 fully saturated rings. The summed E-state index contributed by atoms with van der Waals surface area (Å²) in [6, 6.07) is 13.0. The van der Waals surface area contributed by atoms with Crippen molar-refractivity contribution in [1.82, 2.24) is 5.48 Å². The van der Waals surface area contributed by atoms with E-state index >= 15 is 0 Å². The van der Waals surface area contributed by atoms with Gasteiger partial charge in [-0.25, -0.2) is 13.9 Å². The number of carbonyl (C=O) groups excluding carboxylic acids is 1. The predicted molar refractivity (Wildman–Crippen MR) is 105 cm³/mol. The zero-order chi connectivity index (χ0) is 21.8. The van der Waals surface area contributed by atoms with E-state index in [1.54, 1.807) is 7.11 Å². The van der Waals surface area contributed by atoms with Gasteiger partial charge < -0.3 is 19.3 Å². The largest absolute Gasteiger partial charge is 0.497 e. The highest BCUT2D eigenvalue weighted by Gasteiger charge is 2.53. The second-order valence-electron chi connectivity index (χ2n) is 6.85. The molecular formula is C20H23NO8S. The van der Waals surface area contributed by atoms with Crippen LogP contribution in [0.4, 0.5) is 0 Å². The fraction of sp³-hybridized carbons (Fsp3) is 0.350. The summed E-state index contributed by atoms with van der Waals surface area (Å²) >= 11 is 0. The lowest BCUT2D eigenvalue weighted by Crippen LogP contribution is -2.62. The van der Waals surface area contributed by atoms with Gasteiger partial charge in [0.25, 0.3) is 5.91 Å². The van der Waals surface area contributed by atoms with E-state index in [2.05, 4.69) is 0 Å². The minimum atomic E-state index is -4.09. The minimum absolute atomic E-state index is 0.0635. The standard InChI is InChI=1S/C20H23NO8S/c1-27-15-4-2-14(3-5-15)12-29-16-6-8-17(9-7-16)30(25,26)18-10-11-28-13-20(18,23)19(22)21-24/h2-9,18,23-24H,10-13H2,1H3,(H,21,22). The second kappa shape index (κ2) is 9.00. The molecule has 0 aliphatic carbocycles. The van der Waals surface area contributed by atoms with Gasteiger partial charge in [-0.3, -0.25) is 10.0 Å². The van der Waals surface area contributed by atoms with Crippen LogP contribution in [0.15, 0.2) is 53.4 Å². The number of carbonyl (C=O) groups is 1. The predicted octanol–water partition coefficient (Wildman–Crippen LogP) is 1.07. The molecule has 1 aliphatic heterocycles. The van der Waals surface area contributed by atoms with Gasteiger partial charge in [-0.1, -0.05) is 12.1 Å². The Morgan fingerprint density at radius 3 is 2.40 bits per heavy atom. The molecule has 1 amide bonds. The molecule has 0 saturated carbocycles. The van der Waals surface area contributed by atoms with Gasteiger partial charge in [0, 0.05) is 6.61 Å². The van der Waals surface area contributed by atoms with Crippen LogP contribution in [-0.2, 0) is 26.0 Å². The van der Waals surface area contributed by atoms with E-state index in [9.17, 15) is 18.3 Å². The van der Waals surface area contributed by atoms with E-state index in [1.807, 2.05) is 24.3 Å². The summed E-state index contributed by atoms with van der Waals surface area (Å²) in [6.07, 6.45) is -0.0953. The number of methoxy groups -OCH3 is 1. The van der Waals surface area contributed by atoms with E-state index in [-0.39, 0.29) is 24.5 Å². The van der Waals surface area contributed by atoms with E-state index in [4.69, 9.17) is 19.4 Å². The fourth-order valence-corrected chi connectivity index (χ4v) is 5.19. The van der Waals surface area contributed by atoms with E-state index < -0.39 is 33.2 Å². The Morgan fingerprint density at radius 2 is 1.80 bits per heavy atom. The Hall–Kier alpha value is -2.66. The Labute approximate surface area is 174 Å². The molecule has 0 spiro atoms. The number of hydrogen-bond acceptors (Lipinski definition) is 8. The molecule has 1 aliphatic rings. The maximum absolute atomic E-state index is 13.0. The third-order valence-corrected chi connectivity index (χ3v) is 7.27. The van der Waals surface area contributed by atoms with Crippen LogP contribution in [0.25, 0.3) is 0 Å². The number of rotatable bonds is 7. The van der Waals surface area contributed by atoms with Crippen molar-refractivity contribution in [3.63, 3.8) is 0 Å². The summed E-state index contributed by atoms with van der Waals surface area (Å²) in [7, 11) is -2.51. The number of hydrogen-bond donors (Lipinski definition) is 3. The monoisotopic (exact) mass is 437 g/mol. The zero-order valence-corrected chi connectivity index (χ0v) is 17.1. The molecule has 0 bridgehead atoms. The van der Waals surface area contributed by atoms with E-state index in [1.165, 1.54) is 29.7 Å². The Morgan fingerprint density at radius 1 is 1.17 bits per heavy atom. The lowest BCUT2D eigenvalue weighted by molar-refractivity contribution is -0.161. The first-order valence-corrected chi connectivity index (χ1v) is 10.7. The van der Waals surface area contributed by atoms with Gasteiger partial charge >= 0.3 is 0 Å². The van der Waals surface area contributed by atoms with Crippen LogP contribution in [0.1, 0.15) is 12.0 Å². The van der Waals surface area contributed by atoms with Gasteiger partial charge in [0.1, 0.15) is 23.4 Å². The summed E-state index contributed by atoms with van der Waals surface area (Å²) in [5, 5.41) is 18.0. The third kappa shape index (κ3) is 4.41. The summed E-state index contributed by atoms with van der Waals surface area (Å²) in [4.78, 5) is 11.8. The summed E-state index contributed by atoms with van der Waals surface area (Å²) in [5.41, 5.74) is -0.166. The highest BCUT2D eigenvalue weighted by Crippen LogP contribution is 2.32. The lowest BCUT2D eigenvalue weighted by atomic mass is 9.95. The first kappa shape index (κ1) is 22.0. The normalized spacial score (nSPS) is 21.6. The van der Waals surface area contributed by atoms with Crippen molar-refractivity contribution in [3.8, 4) is 11.5 Å².